The number of nitrogens with zero attached hydrogens (tertiary/aromatic N) is 1. The number of nitrogens with one attached hydrogen (secondary N) is 1. The van der Waals surface area contributed by atoms with Crippen molar-refractivity contribution in [2.75, 3.05) is 39.9 Å². The highest BCUT2D eigenvalue weighted by Crippen LogP contribution is 2.32. The lowest BCUT2D eigenvalue weighted by atomic mass is 9.84. The Balaban J connectivity index is 2.18. The molecule has 0 radical (unpaired) electrons. The van der Waals surface area contributed by atoms with Crippen molar-refractivity contribution in [3.8, 4) is 0 Å². The summed E-state index contributed by atoms with van der Waals surface area (Å²) in [6, 6.07) is 0. The van der Waals surface area contributed by atoms with Gasteiger partial charge in [0.05, 0.1) is 13.2 Å². The lowest BCUT2D eigenvalue weighted by Crippen LogP contribution is -2.63. The summed E-state index contributed by atoms with van der Waals surface area (Å²) in [6.45, 7) is 6.35. The molecule has 2 atom stereocenters. The predicted molar refractivity (Wildman–Crippen MR) is 63.8 cm³/mol. The monoisotopic (exact) mass is 242 g/mol. The van der Waals surface area contributed by atoms with E-state index < -0.39 is 5.54 Å². The van der Waals surface area contributed by atoms with E-state index >= 15 is 0 Å². The fourth-order valence-corrected chi connectivity index (χ4v) is 2.95. The summed E-state index contributed by atoms with van der Waals surface area (Å²) in [6.07, 6.45) is 1.60. The van der Waals surface area contributed by atoms with Crippen molar-refractivity contribution < 1.29 is 14.3 Å². The standard InChI is InChI=1S/C12H22N2O3/c1-10-9-12(3-8-17-10,11(15)16-2)14-6-4-13-5-7-14/h10,13H,3-9H2,1-2H3. The molecule has 5 heteroatoms. The van der Waals surface area contributed by atoms with E-state index in [4.69, 9.17) is 9.47 Å². The number of carbonyl (C=O) groups excluding carboxylic acids is 1. The van der Waals surface area contributed by atoms with E-state index in [-0.39, 0.29) is 12.1 Å². The molecule has 1 N–H and O–H groups in total. The number of methoxy groups -OCH3 is 1. The molecule has 0 aliphatic carbocycles. The zero-order valence-corrected chi connectivity index (χ0v) is 10.7. The summed E-state index contributed by atoms with van der Waals surface area (Å²) in [5.74, 6) is -0.102. The van der Waals surface area contributed by atoms with Gasteiger partial charge in [-0.3, -0.25) is 9.69 Å². The van der Waals surface area contributed by atoms with E-state index in [1.807, 2.05) is 6.92 Å². The molecule has 0 amide bonds. The summed E-state index contributed by atoms with van der Waals surface area (Å²) in [5, 5.41) is 3.31. The Bertz CT molecular complexity index is 279. The summed E-state index contributed by atoms with van der Waals surface area (Å²) in [7, 11) is 1.48. The van der Waals surface area contributed by atoms with E-state index in [0.717, 1.165) is 39.0 Å². The number of carbonyl (C=O) groups is 1. The molecule has 0 saturated carbocycles. The van der Waals surface area contributed by atoms with Gasteiger partial charge in [0.15, 0.2) is 0 Å². The van der Waals surface area contributed by atoms with Gasteiger partial charge in [0, 0.05) is 39.2 Å². The van der Waals surface area contributed by atoms with Gasteiger partial charge in [0.25, 0.3) is 0 Å². The summed E-state index contributed by atoms with van der Waals surface area (Å²) in [4.78, 5) is 14.5. The third-order valence-corrected chi connectivity index (χ3v) is 3.83. The molecule has 98 valence electrons. The Hall–Kier alpha value is -0.650. The van der Waals surface area contributed by atoms with E-state index in [1.54, 1.807) is 0 Å². The summed E-state index contributed by atoms with van der Waals surface area (Å²) < 4.78 is 10.6. The molecule has 17 heavy (non-hydrogen) atoms. The Morgan fingerprint density at radius 2 is 2.18 bits per heavy atom. The number of piperazine rings is 1. The first-order valence-corrected chi connectivity index (χ1v) is 6.35. The quantitative estimate of drug-likeness (QED) is 0.691. The van der Waals surface area contributed by atoms with Gasteiger partial charge in [0.2, 0.25) is 0 Å². The van der Waals surface area contributed by atoms with Crippen molar-refractivity contribution in [2.45, 2.75) is 31.4 Å². The Kier molecular flexibility index (Phi) is 4.01. The van der Waals surface area contributed by atoms with Crippen LogP contribution in [0.5, 0.6) is 0 Å². The molecule has 2 saturated heterocycles. The average molecular weight is 242 g/mol. The number of hydrogen-bond donors (Lipinski definition) is 1. The van der Waals surface area contributed by atoms with Gasteiger partial charge < -0.3 is 14.8 Å². The highest BCUT2D eigenvalue weighted by atomic mass is 16.5. The van der Waals surface area contributed by atoms with Crippen LogP contribution in [0.4, 0.5) is 0 Å². The SMILES string of the molecule is COC(=O)C1(N2CCNCC2)CCOC(C)C1. The Labute approximate surface area is 102 Å². The van der Waals surface area contributed by atoms with Gasteiger partial charge in [-0.25, -0.2) is 0 Å². The van der Waals surface area contributed by atoms with Crippen LogP contribution in [0.15, 0.2) is 0 Å². The van der Waals surface area contributed by atoms with Crippen molar-refractivity contribution in [2.24, 2.45) is 0 Å². The van der Waals surface area contributed by atoms with Crippen LogP contribution < -0.4 is 5.32 Å². The number of ether oxygens (including phenoxy) is 2. The second kappa shape index (κ2) is 5.33. The van der Waals surface area contributed by atoms with E-state index in [9.17, 15) is 4.79 Å². The van der Waals surface area contributed by atoms with Crippen LogP contribution >= 0.6 is 0 Å². The predicted octanol–water partition coefficient (Wildman–Crippen LogP) is 0.00230. The molecule has 0 aromatic carbocycles. The molecule has 0 bridgehead atoms. The summed E-state index contributed by atoms with van der Waals surface area (Å²) >= 11 is 0. The first kappa shape index (κ1) is 12.8. The van der Waals surface area contributed by atoms with Crippen LogP contribution in [-0.2, 0) is 14.3 Å². The largest absolute Gasteiger partial charge is 0.468 e. The van der Waals surface area contributed by atoms with E-state index in [0.29, 0.717) is 6.61 Å². The van der Waals surface area contributed by atoms with Gasteiger partial charge in [-0.2, -0.15) is 0 Å². The van der Waals surface area contributed by atoms with Gasteiger partial charge in [-0.15, -0.1) is 0 Å². The van der Waals surface area contributed by atoms with Crippen LogP contribution in [0.3, 0.4) is 0 Å². The molecular weight excluding hydrogens is 220 g/mol. The summed E-state index contributed by atoms with van der Waals surface area (Å²) in [5.41, 5.74) is -0.464. The first-order chi connectivity index (χ1) is 8.19. The molecule has 0 spiro atoms. The van der Waals surface area contributed by atoms with Crippen molar-refractivity contribution in [3.05, 3.63) is 0 Å². The van der Waals surface area contributed by atoms with Crippen LogP contribution in [0, 0.1) is 0 Å². The third-order valence-electron chi connectivity index (χ3n) is 3.83. The van der Waals surface area contributed by atoms with Crippen LogP contribution in [0.1, 0.15) is 19.8 Å². The number of rotatable bonds is 2. The average Bonchev–Trinajstić information content (AvgIpc) is 2.38. The second-order valence-electron chi connectivity index (χ2n) is 4.90. The molecular formula is C12H22N2O3. The van der Waals surface area contributed by atoms with Gasteiger partial charge in [-0.1, -0.05) is 0 Å². The third kappa shape index (κ3) is 2.46. The minimum atomic E-state index is -0.464. The van der Waals surface area contributed by atoms with Crippen molar-refractivity contribution >= 4 is 5.97 Å². The lowest BCUT2D eigenvalue weighted by Gasteiger charge is -2.47. The Morgan fingerprint density at radius 1 is 1.47 bits per heavy atom. The number of hydrogen-bond acceptors (Lipinski definition) is 5. The van der Waals surface area contributed by atoms with Gasteiger partial charge in [-0.05, 0) is 13.3 Å². The molecule has 2 unspecified atom stereocenters. The minimum absolute atomic E-state index is 0.102. The molecule has 2 fully saturated rings. The second-order valence-corrected chi connectivity index (χ2v) is 4.90. The maximum Gasteiger partial charge on any atom is 0.326 e. The normalized spacial score (nSPS) is 35.5. The fourth-order valence-electron chi connectivity index (χ4n) is 2.95. The lowest BCUT2D eigenvalue weighted by molar-refractivity contribution is -0.167. The maximum atomic E-state index is 12.2. The van der Waals surface area contributed by atoms with Crippen LogP contribution in [0.25, 0.3) is 0 Å². The van der Waals surface area contributed by atoms with Crippen LogP contribution in [-0.4, -0.2) is 62.4 Å². The first-order valence-electron chi connectivity index (χ1n) is 6.35. The zero-order chi connectivity index (χ0) is 12.3. The van der Waals surface area contributed by atoms with Crippen molar-refractivity contribution in [3.63, 3.8) is 0 Å². The topological polar surface area (TPSA) is 50.8 Å². The van der Waals surface area contributed by atoms with E-state index in [2.05, 4.69) is 10.2 Å². The zero-order valence-electron chi connectivity index (χ0n) is 10.7. The smallest absolute Gasteiger partial charge is 0.326 e. The molecule has 0 aromatic heterocycles. The molecule has 5 nitrogen and oxygen atoms in total. The van der Waals surface area contributed by atoms with Gasteiger partial charge in [0.1, 0.15) is 5.54 Å². The fraction of sp³-hybridized carbons (Fsp3) is 0.917. The molecule has 2 aliphatic heterocycles. The molecule has 2 heterocycles. The van der Waals surface area contributed by atoms with Gasteiger partial charge >= 0.3 is 5.97 Å². The highest BCUT2D eigenvalue weighted by Gasteiger charge is 2.48. The Morgan fingerprint density at radius 3 is 2.76 bits per heavy atom. The molecule has 2 aliphatic rings. The highest BCUT2D eigenvalue weighted by molar-refractivity contribution is 5.81. The van der Waals surface area contributed by atoms with Crippen LogP contribution in [0.2, 0.25) is 0 Å². The molecule has 0 aromatic rings. The number of esters is 1. The van der Waals surface area contributed by atoms with E-state index in [1.165, 1.54) is 7.11 Å². The van der Waals surface area contributed by atoms with Crippen molar-refractivity contribution in [1.29, 1.82) is 0 Å². The minimum Gasteiger partial charge on any atom is -0.468 e. The molecule has 2 rings (SSSR count). The van der Waals surface area contributed by atoms with Crippen molar-refractivity contribution in [1.82, 2.24) is 10.2 Å². The maximum absolute atomic E-state index is 12.2.